The predicted octanol–water partition coefficient (Wildman–Crippen LogP) is 3.47. The van der Waals surface area contributed by atoms with Crippen LogP contribution in [-0.4, -0.2) is 19.2 Å². The monoisotopic (exact) mass is 259 g/mol. The van der Waals surface area contributed by atoms with Crippen molar-refractivity contribution in [3.05, 3.63) is 35.4 Å². The van der Waals surface area contributed by atoms with Crippen molar-refractivity contribution in [3.63, 3.8) is 0 Å². The highest BCUT2D eigenvalue weighted by Gasteiger charge is 2.24. The van der Waals surface area contributed by atoms with Crippen LogP contribution in [0, 0.1) is 5.92 Å². The summed E-state index contributed by atoms with van der Waals surface area (Å²) in [5, 5.41) is 3.76. The van der Waals surface area contributed by atoms with Crippen LogP contribution in [-0.2, 0) is 11.2 Å². The van der Waals surface area contributed by atoms with Gasteiger partial charge in [-0.1, -0.05) is 44.0 Å². The fourth-order valence-electron chi connectivity index (χ4n) is 3.52. The van der Waals surface area contributed by atoms with Crippen LogP contribution in [0.3, 0.4) is 0 Å². The van der Waals surface area contributed by atoms with E-state index in [0.29, 0.717) is 6.04 Å². The van der Waals surface area contributed by atoms with Gasteiger partial charge in [0, 0.05) is 12.6 Å². The summed E-state index contributed by atoms with van der Waals surface area (Å²) in [5.41, 5.74) is 2.86. The van der Waals surface area contributed by atoms with Crippen LogP contribution in [0.5, 0.6) is 0 Å². The molecular formula is C17H25NO. The van der Waals surface area contributed by atoms with Crippen molar-refractivity contribution >= 4 is 0 Å². The van der Waals surface area contributed by atoms with Crippen molar-refractivity contribution < 1.29 is 4.74 Å². The van der Waals surface area contributed by atoms with Gasteiger partial charge in [-0.15, -0.1) is 0 Å². The normalized spacial score (nSPS) is 30.9. The van der Waals surface area contributed by atoms with E-state index in [1.807, 2.05) is 0 Å². The van der Waals surface area contributed by atoms with Crippen LogP contribution in [0.1, 0.15) is 49.8 Å². The first kappa shape index (κ1) is 13.1. The second-order valence-electron chi connectivity index (χ2n) is 6.08. The second kappa shape index (κ2) is 6.06. The number of benzene rings is 1. The summed E-state index contributed by atoms with van der Waals surface area (Å²) in [6, 6.07) is 9.42. The van der Waals surface area contributed by atoms with Crippen LogP contribution in [0.25, 0.3) is 0 Å². The molecule has 1 aromatic rings. The number of ether oxygens (including phenoxy) is 1. The van der Waals surface area contributed by atoms with Crippen LogP contribution in [0.4, 0.5) is 0 Å². The van der Waals surface area contributed by atoms with Gasteiger partial charge in [0.1, 0.15) is 0 Å². The highest BCUT2D eigenvalue weighted by atomic mass is 16.5. The highest BCUT2D eigenvalue weighted by Crippen LogP contribution is 2.28. The molecule has 1 N–H and O–H groups in total. The zero-order valence-electron chi connectivity index (χ0n) is 11.9. The Balaban J connectivity index is 1.61. The lowest BCUT2D eigenvalue weighted by atomic mass is 9.85. The van der Waals surface area contributed by atoms with E-state index >= 15 is 0 Å². The van der Waals surface area contributed by atoms with Crippen molar-refractivity contribution in [3.8, 4) is 0 Å². The van der Waals surface area contributed by atoms with Crippen molar-refractivity contribution in [1.29, 1.82) is 0 Å². The average Bonchev–Trinajstić information content (AvgIpc) is 2.46. The SMILES string of the molecule is CC1CCCCC1NCC1OCCc2ccccc21. The molecule has 0 amide bonds. The zero-order valence-corrected chi connectivity index (χ0v) is 11.9. The van der Waals surface area contributed by atoms with E-state index in [-0.39, 0.29) is 6.10 Å². The van der Waals surface area contributed by atoms with Gasteiger partial charge in [-0.05, 0) is 36.3 Å². The molecule has 3 rings (SSSR count). The number of rotatable bonds is 3. The van der Waals surface area contributed by atoms with Gasteiger partial charge >= 0.3 is 0 Å². The number of hydrogen-bond donors (Lipinski definition) is 1. The van der Waals surface area contributed by atoms with Gasteiger partial charge in [0.25, 0.3) is 0 Å². The molecular weight excluding hydrogens is 234 g/mol. The Morgan fingerprint density at radius 2 is 2.05 bits per heavy atom. The first-order valence-corrected chi connectivity index (χ1v) is 7.77. The second-order valence-corrected chi connectivity index (χ2v) is 6.08. The maximum absolute atomic E-state index is 5.97. The molecule has 1 aliphatic carbocycles. The average molecular weight is 259 g/mol. The van der Waals surface area contributed by atoms with Crippen LogP contribution >= 0.6 is 0 Å². The van der Waals surface area contributed by atoms with E-state index in [4.69, 9.17) is 4.74 Å². The van der Waals surface area contributed by atoms with Crippen molar-refractivity contribution in [1.82, 2.24) is 5.32 Å². The van der Waals surface area contributed by atoms with Gasteiger partial charge in [-0.25, -0.2) is 0 Å². The van der Waals surface area contributed by atoms with Gasteiger partial charge in [0.2, 0.25) is 0 Å². The van der Waals surface area contributed by atoms with Gasteiger partial charge in [0.15, 0.2) is 0 Å². The molecule has 0 bridgehead atoms. The van der Waals surface area contributed by atoms with Gasteiger partial charge < -0.3 is 10.1 Å². The topological polar surface area (TPSA) is 21.3 Å². The number of hydrogen-bond acceptors (Lipinski definition) is 2. The van der Waals surface area contributed by atoms with Gasteiger partial charge in [-0.3, -0.25) is 0 Å². The van der Waals surface area contributed by atoms with E-state index in [1.165, 1.54) is 36.8 Å². The predicted molar refractivity (Wildman–Crippen MR) is 78.3 cm³/mol. The minimum Gasteiger partial charge on any atom is -0.372 e. The molecule has 104 valence electrons. The van der Waals surface area contributed by atoms with Crippen molar-refractivity contribution in [2.45, 2.75) is 51.2 Å². The number of fused-ring (bicyclic) bond motifs is 1. The highest BCUT2D eigenvalue weighted by molar-refractivity contribution is 5.31. The van der Waals surface area contributed by atoms with E-state index in [0.717, 1.165) is 25.5 Å². The quantitative estimate of drug-likeness (QED) is 0.897. The van der Waals surface area contributed by atoms with Crippen LogP contribution in [0.2, 0.25) is 0 Å². The standard InChI is InChI=1S/C17H25NO/c1-13-6-2-5-9-16(13)18-12-17-15-8-4-3-7-14(15)10-11-19-17/h3-4,7-8,13,16-18H,2,5-6,9-12H2,1H3. The molecule has 3 atom stereocenters. The molecule has 1 heterocycles. The maximum atomic E-state index is 5.97. The summed E-state index contributed by atoms with van der Waals surface area (Å²) in [6.07, 6.45) is 6.80. The molecule has 1 aliphatic heterocycles. The van der Waals surface area contributed by atoms with Gasteiger partial charge in [-0.2, -0.15) is 0 Å². The third-order valence-corrected chi connectivity index (χ3v) is 4.77. The van der Waals surface area contributed by atoms with Crippen molar-refractivity contribution in [2.75, 3.05) is 13.2 Å². The summed E-state index contributed by atoms with van der Waals surface area (Å²) in [7, 11) is 0. The first-order chi connectivity index (χ1) is 9.34. The molecule has 1 fully saturated rings. The lowest BCUT2D eigenvalue weighted by Crippen LogP contribution is -2.40. The molecule has 1 saturated carbocycles. The van der Waals surface area contributed by atoms with Crippen LogP contribution < -0.4 is 5.32 Å². The molecule has 19 heavy (non-hydrogen) atoms. The fourth-order valence-corrected chi connectivity index (χ4v) is 3.52. The Kier molecular flexibility index (Phi) is 4.19. The van der Waals surface area contributed by atoms with E-state index in [2.05, 4.69) is 36.5 Å². The molecule has 1 aromatic carbocycles. The van der Waals surface area contributed by atoms with Crippen LogP contribution in [0.15, 0.2) is 24.3 Å². The summed E-state index contributed by atoms with van der Waals surface area (Å²) < 4.78 is 5.97. The lowest BCUT2D eigenvalue weighted by molar-refractivity contribution is 0.0381. The van der Waals surface area contributed by atoms with Crippen molar-refractivity contribution in [2.24, 2.45) is 5.92 Å². The molecule has 2 nitrogen and oxygen atoms in total. The molecule has 2 heteroatoms. The third kappa shape index (κ3) is 3.01. The fraction of sp³-hybridized carbons (Fsp3) is 0.647. The number of nitrogens with one attached hydrogen (secondary N) is 1. The smallest absolute Gasteiger partial charge is 0.0952 e. The molecule has 0 saturated heterocycles. The van der Waals surface area contributed by atoms with E-state index in [9.17, 15) is 0 Å². The minimum absolute atomic E-state index is 0.249. The Bertz CT molecular complexity index is 417. The van der Waals surface area contributed by atoms with Gasteiger partial charge in [0.05, 0.1) is 12.7 Å². The summed E-state index contributed by atoms with van der Waals surface area (Å²) >= 11 is 0. The third-order valence-electron chi connectivity index (χ3n) is 4.77. The Hall–Kier alpha value is -0.860. The summed E-state index contributed by atoms with van der Waals surface area (Å²) in [6.45, 7) is 4.21. The molecule has 0 aromatic heterocycles. The minimum atomic E-state index is 0.249. The molecule has 3 unspecified atom stereocenters. The Labute approximate surface area is 116 Å². The van der Waals surface area contributed by atoms with E-state index in [1.54, 1.807) is 0 Å². The summed E-state index contributed by atoms with van der Waals surface area (Å²) in [4.78, 5) is 0. The first-order valence-electron chi connectivity index (χ1n) is 7.77. The Morgan fingerprint density at radius 1 is 1.21 bits per heavy atom. The lowest BCUT2D eigenvalue weighted by Gasteiger charge is -2.33. The zero-order chi connectivity index (χ0) is 13.1. The molecule has 2 aliphatic rings. The largest absolute Gasteiger partial charge is 0.372 e. The molecule has 0 radical (unpaired) electrons. The summed E-state index contributed by atoms with van der Waals surface area (Å²) in [5.74, 6) is 0.813. The maximum Gasteiger partial charge on any atom is 0.0952 e. The van der Waals surface area contributed by atoms with E-state index < -0.39 is 0 Å². The Morgan fingerprint density at radius 3 is 2.95 bits per heavy atom. The molecule has 0 spiro atoms.